The summed E-state index contributed by atoms with van der Waals surface area (Å²) in [6.07, 6.45) is 3.07. The molecule has 3 aromatic rings. The van der Waals surface area contributed by atoms with Gasteiger partial charge < -0.3 is 4.57 Å². The highest BCUT2D eigenvalue weighted by Crippen LogP contribution is 2.24. The van der Waals surface area contributed by atoms with Crippen molar-refractivity contribution in [2.45, 2.75) is 0 Å². The van der Waals surface area contributed by atoms with Crippen molar-refractivity contribution < 1.29 is 14.4 Å². The molecule has 1 aliphatic rings. The molecule has 1 aliphatic heterocycles. The van der Waals surface area contributed by atoms with E-state index in [1.54, 1.807) is 72.4 Å². The zero-order chi connectivity index (χ0) is 23.0. The number of carbonyl (C=O) groups excluding carboxylic acids is 3. The molecule has 0 spiro atoms. The summed E-state index contributed by atoms with van der Waals surface area (Å²) in [5, 5.41) is 3.55. The Hall–Kier alpha value is -3.26. The van der Waals surface area contributed by atoms with Gasteiger partial charge in [0.2, 0.25) is 0 Å². The van der Waals surface area contributed by atoms with Gasteiger partial charge in [0.15, 0.2) is 10.9 Å². The van der Waals surface area contributed by atoms with E-state index in [0.717, 1.165) is 0 Å². The number of halogens is 2. The highest BCUT2D eigenvalue weighted by Gasteiger charge is 2.34. The Bertz CT molecular complexity index is 1300. The van der Waals surface area contributed by atoms with Crippen LogP contribution in [0.3, 0.4) is 0 Å². The van der Waals surface area contributed by atoms with Crippen molar-refractivity contribution in [2.24, 2.45) is 7.05 Å². The maximum Gasteiger partial charge on any atom is 0.270 e. The average Bonchev–Trinajstić information content (AvgIpc) is 3.12. The van der Waals surface area contributed by atoms with E-state index in [-0.39, 0.29) is 16.5 Å². The van der Waals surface area contributed by atoms with Crippen molar-refractivity contribution in [2.75, 3.05) is 4.90 Å². The lowest BCUT2D eigenvalue weighted by Gasteiger charge is -2.28. The van der Waals surface area contributed by atoms with Crippen molar-refractivity contribution in [3.8, 4) is 0 Å². The van der Waals surface area contributed by atoms with Crippen molar-refractivity contribution in [1.29, 1.82) is 0 Å². The minimum Gasteiger partial charge on any atom is -0.350 e. The molecule has 32 heavy (non-hydrogen) atoms. The number of carbonyl (C=O) groups is 3. The summed E-state index contributed by atoms with van der Waals surface area (Å²) in [6.45, 7) is 0. The zero-order valence-corrected chi connectivity index (χ0v) is 19.0. The number of ketones is 1. The van der Waals surface area contributed by atoms with Crippen molar-refractivity contribution in [1.82, 2.24) is 9.88 Å². The van der Waals surface area contributed by atoms with Gasteiger partial charge in [0, 0.05) is 40.1 Å². The standard InChI is InChI=1S/C23H15Cl2N3O3S/c1-27-12-14(20(29)13-2-4-15(24)5-3-13)10-18(27)11-19-21(30)26-23(32)28(22(19)31)17-8-6-16(25)7-9-17/h2-12H,1H3,(H,26,30,32). The molecule has 1 aromatic heterocycles. The maximum absolute atomic E-state index is 13.1. The number of hydrogen-bond acceptors (Lipinski definition) is 4. The molecule has 2 aromatic carbocycles. The molecule has 0 bridgehead atoms. The molecule has 0 unspecified atom stereocenters. The number of benzene rings is 2. The van der Waals surface area contributed by atoms with Crippen LogP contribution >= 0.6 is 35.4 Å². The molecule has 0 saturated carbocycles. The number of anilines is 1. The summed E-state index contributed by atoms with van der Waals surface area (Å²) >= 11 is 17.0. The molecule has 2 amide bonds. The van der Waals surface area contributed by atoms with Gasteiger partial charge in [-0.25, -0.2) is 0 Å². The van der Waals surface area contributed by atoms with Crippen LogP contribution in [0.5, 0.6) is 0 Å². The Labute approximate surface area is 199 Å². The number of aromatic nitrogens is 1. The third kappa shape index (κ3) is 4.23. The fraction of sp³-hybridized carbons (Fsp3) is 0.0435. The lowest BCUT2D eigenvalue weighted by atomic mass is 10.1. The molecule has 160 valence electrons. The molecular weight excluding hydrogens is 469 g/mol. The topological polar surface area (TPSA) is 71.4 Å². The largest absolute Gasteiger partial charge is 0.350 e. The lowest BCUT2D eigenvalue weighted by Crippen LogP contribution is -2.54. The summed E-state index contributed by atoms with van der Waals surface area (Å²) in [4.78, 5) is 39.7. The smallest absolute Gasteiger partial charge is 0.270 e. The highest BCUT2D eigenvalue weighted by atomic mass is 35.5. The number of amides is 2. The van der Waals surface area contributed by atoms with E-state index in [2.05, 4.69) is 5.32 Å². The van der Waals surface area contributed by atoms with Crippen LogP contribution in [0.25, 0.3) is 6.08 Å². The first-order valence-corrected chi connectivity index (χ1v) is 10.5. The number of thiocarbonyl (C=S) groups is 1. The molecular formula is C23H15Cl2N3O3S. The first kappa shape index (κ1) is 22.0. The molecule has 1 fully saturated rings. The van der Waals surface area contributed by atoms with E-state index in [4.69, 9.17) is 35.4 Å². The quantitative estimate of drug-likeness (QED) is 0.258. The van der Waals surface area contributed by atoms with Crippen molar-refractivity contribution in [3.05, 3.63) is 93.2 Å². The van der Waals surface area contributed by atoms with E-state index in [1.807, 2.05) is 0 Å². The van der Waals surface area contributed by atoms with Gasteiger partial charge >= 0.3 is 0 Å². The van der Waals surface area contributed by atoms with E-state index in [9.17, 15) is 14.4 Å². The second kappa shape index (κ2) is 8.70. The van der Waals surface area contributed by atoms with Gasteiger partial charge in [0.1, 0.15) is 5.57 Å². The predicted octanol–water partition coefficient (Wildman–Crippen LogP) is 4.39. The molecule has 0 radical (unpaired) electrons. The van der Waals surface area contributed by atoms with E-state index in [0.29, 0.717) is 32.6 Å². The number of aryl methyl sites for hydroxylation is 1. The van der Waals surface area contributed by atoms with Crippen LogP contribution in [0, 0.1) is 0 Å². The van der Waals surface area contributed by atoms with Crippen LogP contribution < -0.4 is 10.2 Å². The van der Waals surface area contributed by atoms with Crippen molar-refractivity contribution in [3.63, 3.8) is 0 Å². The van der Waals surface area contributed by atoms with Crippen LogP contribution in [0.15, 0.2) is 66.4 Å². The van der Waals surface area contributed by atoms with Crippen LogP contribution in [0.1, 0.15) is 21.6 Å². The Balaban J connectivity index is 1.68. The molecule has 4 rings (SSSR count). The van der Waals surface area contributed by atoms with E-state index in [1.165, 1.54) is 11.0 Å². The zero-order valence-electron chi connectivity index (χ0n) is 16.6. The molecule has 1 N–H and O–H groups in total. The van der Waals surface area contributed by atoms with Crippen LogP contribution in [0.2, 0.25) is 10.0 Å². The molecule has 2 heterocycles. The third-order valence-electron chi connectivity index (χ3n) is 4.89. The van der Waals surface area contributed by atoms with Gasteiger partial charge in [-0.15, -0.1) is 0 Å². The molecule has 0 aliphatic carbocycles. The number of nitrogens with one attached hydrogen (secondary N) is 1. The summed E-state index contributed by atoms with van der Waals surface area (Å²) in [5.41, 5.74) is 1.76. The Morgan fingerprint density at radius 1 is 0.969 bits per heavy atom. The first-order chi connectivity index (χ1) is 15.2. The highest BCUT2D eigenvalue weighted by molar-refractivity contribution is 7.80. The number of nitrogens with zero attached hydrogens (tertiary/aromatic N) is 2. The monoisotopic (exact) mass is 483 g/mol. The Morgan fingerprint density at radius 3 is 2.19 bits per heavy atom. The minimum absolute atomic E-state index is 0.0232. The van der Waals surface area contributed by atoms with Crippen LogP contribution in [0.4, 0.5) is 5.69 Å². The molecule has 0 atom stereocenters. The van der Waals surface area contributed by atoms with Gasteiger partial charge in [-0.1, -0.05) is 23.2 Å². The summed E-state index contributed by atoms with van der Waals surface area (Å²) < 4.78 is 1.66. The second-order valence-electron chi connectivity index (χ2n) is 7.03. The Morgan fingerprint density at radius 2 is 1.56 bits per heavy atom. The molecule has 9 heteroatoms. The first-order valence-electron chi connectivity index (χ1n) is 9.38. The lowest BCUT2D eigenvalue weighted by molar-refractivity contribution is -0.122. The second-order valence-corrected chi connectivity index (χ2v) is 8.29. The number of hydrogen-bond donors (Lipinski definition) is 1. The van der Waals surface area contributed by atoms with Gasteiger partial charge in [-0.2, -0.15) is 0 Å². The SMILES string of the molecule is Cn1cc(C(=O)c2ccc(Cl)cc2)cc1C=C1C(=O)NC(=S)N(c2ccc(Cl)cc2)C1=O. The van der Waals surface area contributed by atoms with Crippen LogP contribution in [-0.4, -0.2) is 27.3 Å². The summed E-state index contributed by atoms with van der Waals surface area (Å²) in [7, 11) is 1.72. The normalized spacial score (nSPS) is 15.3. The van der Waals surface area contributed by atoms with E-state index < -0.39 is 11.8 Å². The predicted molar refractivity (Wildman–Crippen MR) is 128 cm³/mol. The minimum atomic E-state index is -0.614. The van der Waals surface area contributed by atoms with Gasteiger partial charge in [-0.3, -0.25) is 24.6 Å². The van der Waals surface area contributed by atoms with Crippen LogP contribution in [-0.2, 0) is 16.6 Å². The van der Waals surface area contributed by atoms with Gasteiger partial charge in [0.25, 0.3) is 11.8 Å². The van der Waals surface area contributed by atoms with Gasteiger partial charge in [-0.05, 0) is 72.9 Å². The average molecular weight is 484 g/mol. The van der Waals surface area contributed by atoms with E-state index >= 15 is 0 Å². The molecule has 6 nitrogen and oxygen atoms in total. The maximum atomic E-state index is 13.1. The molecule has 1 saturated heterocycles. The number of rotatable bonds is 4. The summed E-state index contributed by atoms with van der Waals surface area (Å²) in [5.74, 6) is -1.39. The Kier molecular flexibility index (Phi) is 5.97. The summed E-state index contributed by atoms with van der Waals surface area (Å²) in [6, 6.07) is 14.7. The fourth-order valence-electron chi connectivity index (χ4n) is 3.25. The fourth-order valence-corrected chi connectivity index (χ4v) is 3.78. The van der Waals surface area contributed by atoms with Gasteiger partial charge in [0.05, 0.1) is 5.69 Å². The van der Waals surface area contributed by atoms with Crippen molar-refractivity contribution >= 4 is 69.9 Å². The third-order valence-corrected chi connectivity index (χ3v) is 5.68.